The van der Waals surface area contributed by atoms with Crippen LogP contribution in [0.3, 0.4) is 0 Å². The van der Waals surface area contributed by atoms with Crippen LogP contribution in [-0.4, -0.2) is 72.8 Å². The Balaban J connectivity index is 0.00000456. The fraction of sp³-hybridized carbons (Fsp3) is 0.500. The van der Waals surface area contributed by atoms with Gasteiger partial charge >= 0.3 is 35.5 Å². The average molecular weight is 509 g/mol. The number of methoxy groups -OCH3 is 1. The Morgan fingerprint density at radius 3 is 2.19 bits per heavy atom. The van der Waals surface area contributed by atoms with Gasteiger partial charge in [0.1, 0.15) is 23.0 Å². The second kappa shape index (κ2) is 14.5. The summed E-state index contributed by atoms with van der Waals surface area (Å²) in [6.07, 6.45) is 4.31. The van der Waals surface area contributed by atoms with E-state index in [4.69, 9.17) is 18.9 Å². The molecule has 2 aromatic rings. The fourth-order valence-corrected chi connectivity index (χ4v) is 4.45. The second-order valence-corrected chi connectivity index (χ2v) is 8.74. The molecule has 0 fully saturated rings. The zero-order valence-electron chi connectivity index (χ0n) is 21.1. The molecule has 1 heterocycles. The van der Waals surface area contributed by atoms with Crippen molar-refractivity contribution in [2.75, 3.05) is 20.3 Å². The number of ketones is 1. The third-order valence-corrected chi connectivity index (χ3v) is 6.12. The molecule has 0 saturated heterocycles. The van der Waals surface area contributed by atoms with Crippen LogP contribution >= 0.6 is 0 Å². The molecule has 0 aliphatic carbocycles. The minimum absolute atomic E-state index is 0. The summed E-state index contributed by atoms with van der Waals surface area (Å²) in [6, 6.07) is 7.52. The predicted octanol–water partition coefficient (Wildman–Crippen LogP) is 4.78. The molecule has 1 aliphatic rings. The summed E-state index contributed by atoms with van der Waals surface area (Å²) < 4.78 is 23.5. The molecule has 192 valence electrons. The normalized spacial score (nSPS) is 14.2. The first-order valence-electron chi connectivity index (χ1n) is 12.4. The van der Waals surface area contributed by atoms with Crippen LogP contribution in [0, 0.1) is 0 Å². The van der Waals surface area contributed by atoms with Crippen molar-refractivity contribution >= 4 is 41.3 Å². The number of hydrogen-bond donors (Lipinski definition) is 1. The molecular formula is C28H37NaO7. The van der Waals surface area contributed by atoms with Gasteiger partial charge in [-0.1, -0.05) is 32.8 Å². The van der Waals surface area contributed by atoms with E-state index in [1.807, 2.05) is 18.2 Å². The Morgan fingerprint density at radius 2 is 1.61 bits per heavy atom. The first kappa shape index (κ1) is 30.0. The van der Waals surface area contributed by atoms with Crippen molar-refractivity contribution < 1.29 is 33.6 Å². The topological polar surface area (TPSA) is 91.3 Å². The number of rotatable bonds is 13. The maximum absolute atomic E-state index is 12.0. The maximum atomic E-state index is 12.0. The van der Waals surface area contributed by atoms with Crippen molar-refractivity contribution in [2.24, 2.45) is 0 Å². The van der Waals surface area contributed by atoms with Crippen LogP contribution in [0.2, 0.25) is 0 Å². The quantitative estimate of drug-likeness (QED) is 0.237. The Hall–Kier alpha value is -2.22. The number of carboxylic acid groups (broad SMARTS) is 1. The summed E-state index contributed by atoms with van der Waals surface area (Å²) in [7, 11) is 1.58. The van der Waals surface area contributed by atoms with Crippen LogP contribution in [-0.2, 0) is 24.1 Å². The number of aryl methyl sites for hydroxylation is 1. The molecule has 0 spiro atoms. The molecule has 0 amide bonds. The van der Waals surface area contributed by atoms with Gasteiger partial charge in [-0.2, -0.15) is 0 Å². The molecule has 0 bridgehead atoms. The summed E-state index contributed by atoms with van der Waals surface area (Å²) >= 11 is 0. The van der Waals surface area contributed by atoms with Crippen molar-refractivity contribution in [3.63, 3.8) is 0 Å². The van der Waals surface area contributed by atoms with Crippen molar-refractivity contribution in [1.82, 2.24) is 0 Å². The third-order valence-electron chi connectivity index (χ3n) is 6.12. The molecule has 0 saturated carbocycles. The predicted molar refractivity (Wildman–Crippen MR) is 141 cm³/mol. The molecule has 3 rings (SSSR count). The van der Waals surface area contributed by atoms with Gasteiger partial charge in [-0.3, -0.25) is 4.79 Å². The van der Waals surface area contributed by atoms with Gasteiger partial charge in [-0.25, -0.2) is 4.79 Å². The van der Waals surface area contributed by atoms with Crippen molar-refractivity contribution in [2.45, 2.75) is 71.8 Å². The van der Waals surface area contributed by atoms with Gasteiger partial charge < -0.3 is 24.1 Å². The molecule has 7 nitrogen and oxygen atoms in total. The number of Topliss-reactive ketones (excluding diaryl/α,β-unsaturated/α-hetero) is 1. The van der Waals surface area contributed by atoms with Crippen molar-refractivity contribution in [1.29, 1.82) is 0 Å². The number of carbonyl (C=O) groups is 2. The number of ether oxygens (including phenoxy) is 4. The van der Waals surface area contributed by atoms with E-state index < -0.39 is 12.1 Å². The summed E-state index contributed by atoms with van der Waals surface area (Å²) in [5.74, 6) is 1.74. The van der Waals surface area contributed by atoms with E-state index in [0.717, 1.165) is 53.9 Å². The summed E-state index contributed by atoms with van der Waals surface area (Å²) in [5.41, 5.74) is 3.45. The zero-order valence-corrected chi connectivity index (χ0v) is 21.1. The number of aliphatic carboxylic acids is 1. The first-order chi connectivity index (χ1) is 16.9. The molecule has 2 aromatic carbocycles. The molecule has 36 heavy (non-hydrogen) atoms. The molecule has 1 atom stereocenters. The van der Waals surface area contributed by atoms with Gasteiger partial charge in [0.15, 0.2) is 11.9 Å². The minimum atomic E-state index is -0.933. The van der Waals surface area contributed by atoms with E-state index in [0.29, 0.717) is 49.5 Å². The average Bonchev–Trinajstić information content (AvgIpc) is 2.85. The monoisotopic (exact) mass is 508 g/mol. The Bertz CT molecular complexity index is 1050. The molecular weight excluding hydrogens is 471 g/mol. The summed E-state index contributed by atoms with van der Waals surface area (Å²) in [4.78, 5) is 23.4. The third kappa shape index (κ3) is 7.17. The van der Waals surface area contributed by atoms with Crippen LogP contribution < -0.4 is 18.9 Å². The number of benzene rings is 2. The van der Waals surface area contributed by atoms with E-state index in [1.54, 1.807) is 13.2 Å². The van der Waals surface area contributed by atoms with Gasteiger partial charge in [0.05, 0.1) is 25.9 Å². The van der Waals surface area contributed by atoms with Crippen LogP contribution in [0.4, 0.5) is 0 Å². The van der Waals surface area contributed by atoms with Gasteiger partial charge in [0.2, 0.25) is 0 Å². The zero-order chi connectivity index (χ0) is 25.4. The SMILES string of the molecule is CCCc1c(OCCCOc2ccc(C(C)=O)c(OC)c2CCC)ccc2c1OC(C(=O)O)CC2.[NaH]. The van der Waals surface area contributed by atoms with Gasteiger partial charge in [0.25, 0.3) is 0 Å². The molecule has 0 aromatic heterocycles. The van der Waals surface area contributed by atoms with Crippen LogP contribution in [0.1, 0.15) is 73.5 Å². The van der Waals surface area contributed by atoms with Gasteiger partial charge in [-0.05, 0) is 56.4 Å². The van der Waals surface area contributed by atoms with Crippen LogP contribution in [0.25, 0.3) is 0 Å². The Morgan fingerprint density at radius 1 is 1.00 bits per heavy atom. The molecule has 1 aliphatic heterocycles. The number of carbonyl (C=O) groups excluding carboxylic acids is 1. The Labute approximate surface area is 235 Å². The number of fused-ring (bicyclic) bond motifs is 1. The van der Waals surface area contributed by atoms with Crippen LogP contribution in [0.5, 0.6) is 23.0 Å². The molecule has 8 heteroatoms. The van der Waals surface area contributed by atoms with Gasteiger partial charge in [0, 0.05) is 17.5 Å². The second-order valence-electron chi connectivity index (χ2n) is 8.74. The summed E-state index contributed by atoms with van der Waals surface area (Å²) in [5, 5.41) is 9.38. The molecule has 0 radical (unpaired) electrons. The van der Waals surface area contributed by atoms with Crippen molar-refractivity contribution in [3.8, 4) is 23.0 Å². The van der Waals surface area contributed by atoms with Gasteiger partial charge in [-0.15, -0.1) is 0 Å². The number of hydrogen-bond acceptors (Lipinski definition) is 6. The van der Waals surface area contributed by atoms with E-state index in [1.165, 1.54) is 6.92 Å². The fourth-order valence-electron chi connectivity index (χ4n) is 4.45. The first-order valence-corrected chi connectivity index (χ1v) is 12.4. The summed E-state index contributed by atoms with van der Waals surface area (Å²) in [6.45, 7) is 6.58. The van der Waals surface area contributed by atoms with Crippen LogP contribution in [0.15, 0.2) is 24.3 Å². The van der Waals surface area contributed by atoms with Crippen molar-refractivity contribution in [3.05, 3.63) is 46.5 Å². The molecule has 1 N–H and O–H groups in total. The van der Waals surface area contributed by atoms with E-state index in [2.05, 4.69) is 13.8 Å². The van der Waals surface area contributed by atoms with E-state index in [9.17, 15) is 14.7 Å². The van der Waals surface area contributed by atoms with E-state index >= 15 is 0 Å². The Kier molecular flexibility index (Phi) is 12.1. The number of carboxylic acids is 1. The molecule has 1 unspecified atom stereocenters. The van der Waals surface area contributed by atoms with E-state index in [-0.39, 0.29) is 35.3 Å². The standard InChI is InChI=1S/C28H36O7.Na.H/c1-5-8-21-23(13-10-19-11-14-25(28(30)31)35-26(19)21)33-16-7-17-34-24-15-12-20(18(3)29)27(32-4)22(24)9-6-2;;/h10,12-13,15,25H,5-9,11,14,16-17H2,1-4H3,(H,30,31);;.